The fraction of sp³-hybridized carbons (Fsp3) is 0.583. The predicted octanol–water partition coefficient (Wildman–Crippen LogP) is 2.24. The van der Waals surface area contributed by atoms with Crippen molar-refractivity contribution in [1.29, 1.82) is 0 Å². The highest BCUT2D eigenvalue weighted by Crippen LogP contribution is 2.11. The van der Waals surface area contributed by atoms with Crippen LogP contribution in [0.3, 0.4) is 0 Å². The quantitative estimate of drug-likeness (QED) is 0.826. The summed E-state index contributed by atoms with van der Waals surface area (Å²) in [6.07, 6.45) is 3.31. The number of pyridine rings is 1. The van der Waals surface area contributed by atoms with Crippen molar-refractivity contribution in [3.63, 3.8) is 0 Å². The second-order valence-corrected chi connectivity index (χ2v) is 4.90. The fourth-order valence-corrected chi connectivity index (χ4v) is 2.59. The Morgan fingerprint density at radius 3 is 2.81 bits per heavy atom. The van der Waals surface area contributed by atoms with Gasteiger partial charge in [0, 0.05) is 18.3 Å². The lowest BCUT2D eigenvalue weighted by atomic mass is 10.2. The van der Waals surface area contributed by atoms with Crippen LogP contribution in [0.25, 0.3) is 0 Å². The van der Waals surface area contributed by atoms with E-state index in [1.54, 1.807) is 0 Å². The Labute approximate surface area is 102 Å². The minimum Gasteiger partial charge on any atom is -0.384 e. The molecule has 0 saturated heterocycles. The van der Waals surface area contributed by atoms with Crippen molar-refractivity contribution in [1.82, 2.24) is 9.88 Å². The van der Waals surface area contributed by atoms with Gasteiger partial charge in [0.2, 0.25) is 0 Å². The Hall–Kier alpha value is -0.740. The standard InChI is InChI=1S/C12H21N3S/c1-4-11(9-16-3)15(2)8-10-6-5-7-12(13)14-10/h5-7,11H,4,8-9H2,1-3H3,(H2,13,14). The van der Waals surface area contributed by atoms with Crippen molar-refractivity contribution in [2.45, 2.75) is 25.9 Å². The van der Waals surface area contributed by atoms with E-state index in [1.807, 2.05) is 30.0 Å². The predicted molar refractivity (Wildman–Crippen MR) is 72.6 cm³/mol. The zero-order valence-electron chi connectivity index (χ0n) is 10.3. The van der Waals surface area contributed by atoms with E-state index in [2.05, 4.69) is 30.1 Å². The Morgan fingerprint density at radius 1 is 1.50 bits per heavy atom. The molecule has 0 aliphatic rings. The van der Waals surface area contributed by atoms with E-state index in [-0.39, 0.29) is 0 Å². The van der Waals surface area contributed by atoms with Crippen molar-refractivity contribution in [3.8, 4) is 0 Å². The van der Waals surface area contributed by atoms with E-state index in [0.29, 0.717) is 11.9 Å². The van der Waals surface area contributed by atoms with Crippen LogP contribution in [0.1, 0.15) is 19.0 Å². The van der Waals surface area contributed by atoms with E-state index in [0.717, 1.165) is 18.0 Å². The van der Waals surface area contributed by atoms with Crippen LogP contribution in [-0.4, -0.2) is 35.0 Å². The number of anilines is 1. The van der Waals surface area contributed by atoms with Crippen LogP contribution >= 0.6 is 11.8 Å². The van der Waals surface area contributed by atoms with Crippen molar-refractivity contribution in [3.05, 3.63) is 23.9 Å². The van der Waals surface area contributed by atoms with Crippen LogP contribution in [0, 0.1) is 0 Å². The molecule has 0 bridgehead atoms. The lowest BCUT2D eigenvalue weighted by molar-refractivity contribution is 0.245. The molecule has 3 nitrogen and oxygen atoms in total. The molecule has 0 aromatic carbocycles. The highest BCUT2D eigenvalue weighted by atomic mass is 32.2. The van der Waals surface area contributed by atoms with Gasteiger partial charge in [0.1, 0.15) is 5.82 Å². The first-order chi connectivity index (χ1) is 7.67. The lowest BCUT2D eigenvalue weighted by Gasteiger charge is -2.26. The summed E-state index contributed by atoms with van der Waals surface area (Å²) < 4.78 is 0. The third-order valence-corrected chi connectivity index (χ3v) is 3.41. The van der Waals surface area contributed by atoms with Gasteiger partial charge < -0.3 is 5.73 Å². The average Bonchev–Trinajstić information content (AvgIpc) is 2.25. The van der Waals surface area contributed by atoms with E-state index in [4.69, 9.17) is 5.73 Å². The van der Waals surface area contributed by atoms with Crippen molar-refractivity contribution in [2.75, 3.05) is 24.8 Å². The Kier molecular flexibility index (Phi) is 5.63. The van der Waals surface area contributed by atoms with Crippen molar-refractivity contribution >= 4 is 17.6 Å². The summed E-state index contributed by atoms with van der Waals surface area (Å²) in [5.41, 5.74) is 6.71. The van der Waals surface area contributed by atoms with Gasteiger partial charge >= 0.3 is 0 Å². The van der Waals surface area contributed by atoms with E-state index in [1.165, 1.54) is 6.42 Å². The van der Waals surface area contributed by atoms with Gasteiger partial charge in [0.15, 0.2) is 0 Å². The molecule has 1 atom stereocenters. The number of hydrogen-bond donors (Lipinski definition) is 1. The van der Waals surface area contributed by atoms with Crippen LogP contribution in [0.2, 0.25) is 0 Å². The monoisotopic (exact) mass is 239 g/mol. The molecule has 16 heavy (non-hydrogen) atoms. The molecule has 0 saturated carbocycles. The minimum atomic E-state index is 0.601. The zero-order valence-corrected chi connectivity index (χ0v) is 11.1. The van der Waals surface area contributed by atoms with Crippen LogP contribution < -0.4 is 5.73 Å². The highest BCUT2D eigenvalue weighted by molar-refractivity contribution is 7.98. The Bertz CT molecular complexity index is 317. The van der Waals surface area contributed by atoms with Gasteiger partial charge in [-0.3, -0.25) is 4.90 Å². The molecule has 1 aromatic heterocycles. The van der Waals surface area contributed by atoms with E-state index in [9.17, 15) is 0 Å². The van der Waals surface area contributed by atoms with Gasteiger partial charge in [-0.25, -0.2) is 4.98 Å². The number of thioether (sulfide) groups is 1. The SMILES string of the molecule is CCC(CSC)N(C)Cc1cccc(N)n1. The molecule has 1 aromatic rings. The maximum absolute atomic E-state index is 5.67. The first kappa shape index (κ1) is 13.3. The summed E-state index contributed by atoms with van der Waals surface area (Å²) in [6, 6.07) is 6.42. The Balaban J connectivity index is 2.58. The normalized spacial score (nSPS) is 13.0. The van der Waals surface area contributed by atoms with E-state index < -0.39 is 0 Å². The van der Waals surface area contributed by atoms with Gasteiger partial charge in [-0.15, -0.1) is 0 Å². The largest absolute Gasteiger partial charge is 0.384 e. The van der Waals surface area contributed by atoms with Gasteiger partial charge in [-0.05, 0) is 31.9 Å². The molecule has 1 unspecified atom stereocenters. The van der Waals surface area contributed by atoms with E-state index >= 15 is 0 Å². The zero-order chi connectivity index (χ0) is 12.0. The molecule has 0 aliphatic heterocycles. The second kappa shape index (κ2) is 6.76. The summed E-state index contributed by atoms with van der Waals surface area (Å²) in [6.45, 7) is 3.09. The summed E-state index contributed by atoms with van der Waals surface area (Å²) in [4.78, 5) is 6.66. The first-order valence-electron chi connectivity index (χ1n) is 5.58. The molecule has 1 rings (SSSR count). The number of nitrogen functional groups attached to an aromatic ring is 1. The molecule has 1 heterocycles. The maximum atomic E-state index is 5.67. The Morgan fingerprint density at radius 2 is 2.25 bits per heavy atom. The van der Waals surface area contributed by atoms with Gasteiger partial charge in [-0.2, -0.15) is 11.8 Å². The lowest BCUT2D eigenvalue weighted by Crippen LogP contribution is -2.33. The number of nitrogens with zero attached hydrogens (tertiary/aromatic N) is 2. The molecule has 4 heteroatoms. The van der Waals surface area contributed by atoms with Crippen LogP contribution in [0.5, 0.6) is 0 Å². The van der Waals surface area contributed by atoms with Crippen molar-refractivity contribution in [2.24, 2.45) is 0 Å². The molecule has 0 aliphatic carbocycles. The smallest absolute Gasteiger partial charge is 0.123 e. The molecule has 0 spiro atoms. The van der Waals surface area contributed by atoms with Crippen molar-refractivity contribution < 1.29 is 0 Å². The second-order valence-electron chi connectivity index (χ2n) is 3.99. The third kappa shape index (κ3) is 4.02. The molecular formula is C12H21N3S. The first-order valence-corrected chi connectivity index (χ1v) is 6.97. The van der Waals surface area contributed by atoms with Gasteiger partial charge in [-0.1, -0.05) is 13.0 Å². The minimum absolute atomic E-state index is 0.601. The number of rotatable bonds is 6. The fourth-order valence-electron chi connectivity index (χ4n) is 1.72. The summed E-state index contributed by atoms with van der Waals surface area (Å²) >= 11 is 1.89. The molecule has 2 N–H and O–H groups in total. The maximum Gasteiger partial charge on any atom is 0.123 e. The van der Waals surface area contributed by atoms with Crippen LogP contribution in [0.4, 0.5) is 5.82 Å². The van der Waals surface area contributed by atoms with Crippen LogP contribution in [0.15, 0.2) is 18.2 Å². The summed E-state index contributed by atoms with van der Waals surface area (Å²) in [7, 11) is 2.15. The van der Waals surface area contributed by atoms with Crippen LogP contribution in [-0.2, 0) is 6.54 Å². The number of nitrogens with two attached hydrogens (primary N) is 1. The van der Waals surface area contributed by atoms with Gasteiger partial charge in [0.25, 0.3) is 0 Å². The topological polar surface area (TPSA) is 42.1 Å². The third-order valence-electron chi connectivity index (χ3n) is 2.69. The summed E-state index contributed by atoms with van der Waals surface area (Å²) in [5, 5.41) is 0. The summed E-state index contributed by atoms with van der Waals surface area (Å²) in [5.74, 6) is 1.76. The molecule has 0 fully saturated rings. The highest BCUT2D eigenvalue weighted by Gasteiger charge is 2.12. The molecule has 0 radical (unpaired) electrons. The number of aromatic nitrogens is 1. The molecular weight excluding hydrogens is 218 g/mol. The molecule has 0 amide bonds. The van der Waals surface area contributed by atoms with Gasteiger partial charge in [0.05, 0.1) is 5.69 Å². The molecule has 90 valence electrons. The number of hydrogen-bond acceptors (Lipinski definition) is 4. The average molecular weight is 239 g/mol.